The Hall–Kier alpha value is -3.31. The molecule has 3 aromatic carbocycles. The lowest BCUT2D eigenvalue weighted by Crippen LogP contribution is -2.06. The number of para-hydroxylation sites is 1. The van der Waals surface area contributed by atoms with Crippen molar-refractivity contribution >= 4 is 28.3 Å². The van der Waals surface area contributed by atoms with Gasteiger partial charge in [0.25, 0.3) is 0 Å². The number of fused-ring (bicyclic) bond motifs is 1. The highest BCUT2D eigenvalue weighted by Crippen LogP contribution is 2.35. The van der Waals surface area contributed by atoms with Crippen molar-refractivity contribution < 1.29 is 9.47 Å². The molecule has 146 valence electrons. The summed E-state index contributed by atoms with van der Waals surface area (Å²) in [6.07, 6.45) is 0. The first-order chi connectivity index (χ1) is 14.2. The summed E-state index contributed by atoms with van der Waals surface area (Å²) in [5.41, 5.74) is 3.87. The van der Waals surface area contributed by atoms with Crippen molar-refractivity contribution in [2.75, 3.05) is 19.5 Å². The van der Waals surface area contributed by atoms with Gasteiger partial charge in [-0.25, -0.2) is 9.97 Å². The van der Waals surface area contributed by atoms with Gasteiger partial charge in [0.05, 0.1) is 25.1 Å². The van der Waals surface area contributed by atoms with Crippen LogP contribution in [0.15, 0.2) is 66.7 Å². The van der Waals surface area contributed by atoms with Crippen LogP contribution >= 0.6 is 11.6 Å². The van der Waals surface area contributed by atoms with Gasteiger partial charge in [0.2, 0.25) is 5.28 Å². The molecular weight excluding hydrogens is 386 g/mol. The summed E-state index contributed by atoms with van der Waals surface area (Å²) >= 11 is 6.20. The molecule has 0 bridgehead atoms. The topological polar surface area (TPSA) is 56.3 Å². The highest BCUT2D eigenvalue weighted by atomic mass is 35.5. The first-order valence-corrected chi connectivity index (χ1v) is 9.54. The van der Waals surface area contributed by atoms with Gasteiger partial charge in [-0.05, 0) is 34.9 Å². The molecule has 5 nitrogen and oxygen atoms in total. The highest BCUT2D eigenvalue weighted by Gasteiger charge is 2.14. The minimum Gasteiger partial charge on any atom is -0.493 e. The van der Waals surface area contributed by atoms with Gasteiger partial charge in [-0.2, -0.15) is 0 Å². The molecule has 6 heteroatoms. The largest absolute Gasteiger partial charge is 0.493 e. The first kappa shape index (κ1) is 19.0. The van der Waals surface area contributed by atoms with Crippen LogP contribution in [0.25, 0.3) is 22.0 Å². The molecule has 0 fully saturated rings. The molecule has 0 radical (unpaired) electrons. The van der Waals surface area contributed by atoms with Crippen molar-refractivity contribution in [3.63, 3.8) is 0 Å². The monoisotopic (exact) mass is 405 g/mol. The Morgan fingerprint density at radius 3 is 2.41 bits per heavy atom. The summed E-state index contributed by atoms with van der Waals surface area (Å²) in [7, 11) is 3.25. The molecule has 0 saturated heterocycles. The van der Waals surface area contributed by atoms with E-state index >= 15 is 0 Å². The van der Waals surface area contributed by atoms with Crippen molar-refractivity contribution in [1.82, 2.24) is 9.97 Å². The number of anilines is 1. The molecule has 0 aliphatic rings. The van der Waals surface area contributed by atoms with E-state index in [4.69, 9.17) is 21.1 Å². The number of rotatable bonds is 6. The molecular formula is C23H20ClN3O2. The predicted molar refractivity (Wildman–Crippen MR) is 117 cm³/mol. The Morgan fingerprint density at radius 1 is 0.862 bits per heavy atom. The van der Waals surface area contributed by atoms with E-state index in [1.54, 1.807) is 14.2 Å². The fraction of sp³-hybridized carbons (Fsp3) is 0.130. The summed E-state index contributed by atoms with van der Waals surface area (Å²) in [4.78, 5) is 8.88. The van der Waals surface area contributed by atoms with E-state index in [0.717, 1.165) is 27.6 Å². The quantitative estimate of drug-likeness (QED) is 0.424. The Balaban J connectivity index is 1.79. The van der Waals surface area contributed by atoms with Crippen LogP contribution in [-0.4, -0.2) is 24.2 Å². The van der Waals surface area contributed by atoms with Crippen LogP contribution in [0.1, 0.15) is 5.56 Å². The molecule has 1 N–H and O–H groups in total. The van der Waals surface area contributed by atoms with Gasteiger partial charge in [0.15, 0.2) is 11.5 Å². The number of hydrogen-bond donors (Lipinski definition) is 1. The summed E-state index contributed by atoms with van der Waals surface area (Å²) in [6.45, 7) is 0.492. The summed E-state index contributed by atoms with van der Waals surface area (Å²) in [5.74, 6) is 2.04. The van der Waals surface area contributed by atoms with Crippen LogP contribution in [0, 0.1) is 0 Å². The zero-order chi connectivity index (χ0) is 20.2. The molecule has 4 rings (SSSR count). The lowest BCUT2D eigenvalue weighted by Gasteiger charge is -2.15. The third kappa shape index (κ3) is 3.82. The summed E-state index contributed by atoms with van der Waals surface area (Å²) in [6, 6.07) is 21.9. The maximum Gasteiger partial charge on any atom is 0.224 e. The zero-order valence-corrected chi connectivity index (χ0v) is 16.9. The van der Waals surface area contributed by atoms with E-state index in [1.165, 1.54) is 0 Å². The van der Waals surface area contributed by atoms with Crippen molar-refractivity contribution in [2.45, 2.75) is 6.54 Å². The molecule has 0 unspecified atom stereocenters. The van der Waals surface area contributed by atoms with Gasteiger partial charge in [-0.1, -0.05) is 54.6 Å². The molecule has 0 spiro atoms. The van der Waals surface area contributed by atoms with E-state index in [2.05, 4.69) is 33.5 Å². The second-order valence-corrected chi connectivity index (χ2v) is 6.75. The number of aromatic nitrogens is 2. The molecule has 0 aliphatic carbocycles. The van der Waals surface area contributed by atoms with E-state index < -0.39 is 0 Å². The van der Waals surface area contributed by atoms with Gasteiger partial charge in [0, 0.05) is 12.1 Å². The Kier molecular flexibility index (Phi) is 5.49. The fourth-order valence-electron chi connectivity index (χ4n) is 3.41. The maximum atomic E-state index is 6.20. The predicted octanol–water partition coefficient (Wildman–Crippen LogP) is 5.58. The number of nitrogens with one attached hydrogen (secondary N) is 1. The van der Waals surface area contributed by atoms with Gasteiger partial charge >= 0.3 is 0 Å². The SMILES string of the molecule is COc1cccc(CNc2nc(Cl)nc3cccc(-c4ccccc4)c23)c1OC. The van der Waals surface area contributed by atoms with E-state index in [0.29, 0.717) is 23.9 Å². The normalized spacial score (nSPS) is 10.7. The average Bonchev–Trinajstić information content (AvgIpc) is 2.77. The molecule has 29 heavy (non-hydrogen) atoms. The Labute approximate surface area is 174 Å². The van der Waals surface area contributed by atoms with Crippen LogP contribution in [0.4, 0.5) is 5.82 Å². The van der Waals surface area contributed by atoms with Crippen LogP contribution in [0.3, 0.4) is 0 Å². The van der Waals surface area contributed by atoms with Crippen LogP contribution in [-0.2, 0) is 6.54 Å². The van der Waals surface area contributed by atoms with Crippen LogP contribution < -0.4 is 14.8 Å². The van der Waals surface area contributed by atoms with Gasteiger partial charge in [0.1, 0.15) is 5.82 Å². The second-order valence-electron chi connectivity index (χ2n) is 6.41. The fourth-order valence-corrected chi connectivity index (χ4v) is 3.59. The second kappa shape index (κ2) is 8.37. The van der Waals surface area contributed by atoms with Crippen LogP contribution in [0.2, 0.25) is 5.28 Å². The lowest BCUT2D eigenvalue weighted by atomic mass is 10.0. The lowest BCUT2D eigenvalue weighted by molar-refractivity contribution is 0.352. The Bertz CT molecular complexity index is 1150. The van der Waals surface area contributed by atoms with Crippen molar-refractivity contribution in [2.24, 2.45) is 0 Å². The molecule has 4 aromatic rings. The molecule has 1 heterocycles. The third-order valence-electron chi connectivity index (χ3n) is 4.71. The maximum absolute atomic E-state index is 6.20. The number of halogens is 1. The zero-order valence-electron chi connectivity index (χ0n) is 16.1. The number of hydrogen-bond acceptors (Lipinski definition) is 5. The van der Waals surface area contributed by atoms with Crippen LogP contribution in [0.5, 0.6) is 11.5 Å². The Morgan fingerprint density at radius 2 is 1.66 bits per heavy atom. The summed E-state index contributed by atoms with van der Waals surface area (Å²) < 4.78 is 10.9. The third-order valence-corrected chi connectivity index (χ3v) is 4.88. The minimum atomic E-state index is 0.197. The summed E-state index contributed by atoms with van der Waals surface area (Å²) in [5, 5.41) is 4.53. The van der Waals surface area contributed by atoms with E-state index in [-0.39, 0.29) is 5.28 Å². The average molecular weight is 406 g/mol. The van der Waals surface area contributed by atoms with Crippen molar-refractivity contribution in [1.29, 1.82) is 0 Å². The number of ether oxygens (including phenoxy) is 2. The van der Waals surface area contributed by atoms with Crippen molar-refractivity contribution in [3.05, 3.63) is 77.6 Å². The van der Waals surface area contributed by atoms with E-state index in [1.807, 2.05) is 48.5 Å². The molecule has 0 aliphatic heterocycles. The van der Waals surface area contributed by atoms with Gasteiger partial charge in [-0.15, -0.1) is 0 Å². The molecule has 0 amide bonds. The highest BCUT2D eigenvalue weighted by molar-refractivity contribution is 6.29. The standard InChI is InChI=1S/C23H20ClN3O2/c1-28-19-13-6-10-16(21(19)29-2)14-25-22-20-17(15-8-4-3-5-9-15)11-7-12-18(20)26-23(24)27-22/h3-13H,14H2,1-2H3,(H,25,26,27). The van der Waals surface area contributed by atoms with Crippen molar-refractivity contribution in [3.8, 4) is 22.6 Å². The first-order valence-electron chi connectivity index (χ1n) is 9.16. The molecule has 0 atom stereocenters. The smallest absolute Gasteiger partial charge is 0.224 e. The van der Waals surface area contributed by atoms with Gasteiger partial charge in [-0.3, -0.25) is 0 Å². The number of benzene rings is 3. The molecule has 0 saturated carbocycles. The molecule has 1 aromatic heterocycles. The number of nitrogens with zero attached hydrogens (tertiary/aromatic N) is 2. The van der Waals surface area contributed by atoms with E-state index in [9.17, 15) is 0 Å². The van der Waals surface area contributed by atoms with Gasteiger partial charge < -0.3 is 14.8 Å². The number of methoxy groups -OCH3 is 2. The minimum absolute atomic E-state index is 0.197.